The zero-order chi connectivity index (χ0) is 18.4. The fourth-order valence-electron chi connectivity index (χ4n) is 4.08. The van der Waals surface area contributed by atoms with Crippen LogP contribution in [0.5, 0.6) is 11.5 Å². The van der Waals surface area contributed by atoms with Crippen molar-refractivity contribution in [3.63, 3.8) is 0 Å². The lowest BCUT2D eigenvalue weighted by Crippen LogP contribution is -2.30. The normalized spacial score (nSPS) is 21.6. The first-order valence-corrected chi connectivity index (χ1v) is 10.4. The number of hydrogen-bond donors (Lipinski definition) is 0. The zero-order valence-electron chi connectivity index (χ0n) is 15.4. The van der Waals surface area contributed by atoms with E-state index in [4.69, 9.17) is 14.5 Å². The highest BCUT2D eigenvalue weighted by Gasteiger charge is 2.34. The molecule has 2 fully saturated rings. The number of fused-ring (bicyclic) bond motifs is 1. The Hall–Kier alpha value is -2.12. The third-order valence-electron chi connectivity index (χ3n) is 5.51. The number of thiazole rings is 1. The van der Waals surface area contributed by atoms with E-state index < -0.39 is 0 Å². The van der Waals surface area contributed by atoms with E-state index in [2.05, 4.69) is 22.4 Å². The predicted molar refractivity (Wildman–Crippen MR) is 103 cm³/mol. The third-order valence-corrected chi connectivity index (χ3v) is 6.40. The molecule has 3 aliphatic rings. The van der Waals surface area contributed by atoms with E-state index in [9.17, 15) is 4.79 Å². The Morgan fingerprint density at radius 2 is 2.15 bits per heavy atom. The number of hydrogen-bond acceptors (Lipinski definition) is 6. The molecule has 0 N–H and O–H groups in total. The van der Waals surface area contributed by atoms with Crippen molar-refractivity contribution in [1.82, 2.24) is 9.88 Å². The van der Waals surface area contributed by atoms with Crippen LogP contribution in [-0.2, 0) is 11.3 Å². The largest absolute Gasteiger partial charge is 0.454 e. The maximum Gasteiger partial charge on any atom is 0.231 e. The molecule has 2 aliphatic heterocycles. The number of ether oxygens (including phenoxy) is 2. The number of carbonyl (C=O) groups excluding carboxylic acids is 1. The first-order chi connectivity index (χ1) is 13.2. The Morgan fingerprint density at radius 3 is 2.96 bits per heavy atom. The molecule has 5 rings (SSSR count). The summed E-state index contributed by atoms with van der Waals surface area (Å²) in [5.41, 5.74) is 2.32. The number of carbonyl (C=O) groups is 1. The maximum atomic E-state index is 12.0. The van der Waals surface area contributed by atoms with Gasteiger partial charge in [0.2, 0.25) is 12.7 Å². The number of likely N-dealkylation sites (tertiary alicyclic amines) is 1. The molecular formula is C20H23N3O3S. The standard InChI is InChI=1S/C20H23N3O3S/c1-13(24)23(16-5-6-16)20-21-15(11-27-20)10-22-8-2-3-17(22)14-4-7-18-19(9-14)26-12-25-18/h4,7,9,11,16-17H,2-3,5-6,8,10,12H2,1H3. The Kier molecular flexibility index (Phi) is 4.28. The maximum absolute atomic E-state index is 12.0. The van der Waals surface area contributed by atoms with Crippen LogP contribution in [0.15, 0.2) is 23.6 Å². The summed E-state index contributed by atoms with van der Waals surface area (Å²) >= 11 is 1.58. The van der Waals surface area contributed by atoms with Gasteiger partial charge in [0.25, 0.3) is 0 Å². The molecule has 1 aromatic heterocycles. The van der Waals surface area contributed by atoms with Gasteiger partial charge in [-0.05, 0) is 49.9 Å². The summed E-state index contributed by atoms with van der Waals surface area (Å²) in [5.74, 6) is 1.77. The highest BCUT2D eigenvalue weighted by atomic mass is 32.1. The Bertz CT molecular complexity index is 864. The van der Waals surface area contributed by atoms with Crippen molar-refractivity contribution in [3.05, 3.63) is 34.8 Å². The average Bonchev–Trinajstić information content (AvgIpc) is 3.05. The van der Waals surface area contributed by atoms with Crippen molar-refractivity contribution in [2.24, 2.45) is 0 Å². The number of anilines is 1. The molecule has 7 heteroatoms. The summed E-state index contributed by atoms with van der Waals surface area (Å²) in [6.07, 6.45) is 4.50. The summed E-state index contributed by atoms with van der Waals surface area (Å²) < 4.78 is 11.0. The first-order valence-electron chi connectivity index (χ1n) is 9.57. The van der Waals surface area contributed by atoms with Crippen molar-refractivity contribution in [1.29, 1.82) is 0 Å². The van der Waals surface area contributed by atoms with Gasteiger partial charge in [-0.3, -0.25) is 14.6 Å². The van der Waals surface area contributed by atoms with E-state index in [1.807, 2.05) is 11.0 Å². The van der Waals surface area contributed by atoms with Gasteiger partial charge in [-0.1, -0.05) is 6.07 Å². The van der Waals surface area contributed by atoms with Gasteiger partial charge in [-0.15, -0.1) is 11.3 Å². The van der Waals surface area contributed by atoms with Crippen molar-refractivity contribution >= 4 is 22.4 Å². The summed E-state index contributed by atoms with van der Waals surface area (Å²) in [5, 5.41) is 2.95. The fourth-order valence-corrected chi connectivity index (χ4v) is 5.01. The van der Waals surface area contributed by atoms with Crippen molar-refractivity contribution in [3.8, 4) is 11.5 Å². The van der Waals surface area contributed by atoms with Crippen LogP contribution in [0.3, 0.4) is 0 Å². The second kappa shape index (κ2) is 6.80. The van der Waals surface area contributed by atoms with Crippen LogP contribution in [0.1, 0.15) is 49.9 Å². The SMILES string of the molecule is CC(=O)N(c1nc(CN2CCCC2c2ccc3c(c2)OCO3)cs1)C1CC1. The molecule has 0 bridgehead atoms. The molecule has 6 nitrogen and oxygen atoms in total. The number of amides is 1. The number of nitrogens with zero attached hydrogens (tertiary/aromatic N) is 3. The fraction of sp³-hybridized carbons (Fsp3) is 0.500. The van der Waals surface area contributed by atoms with E-state index in [1.54, 1.807) is 18.3 Å². The molecule has 142 valence electrons. The van der Waals surface area contributed by atoms with Crippen LogP contribution < -0.4 is 14.4 Å². The minimum absolute atomic E-state index is 0.0952. The second-order valence-electron chi connectivity index (χ2n) is 7.48. The highest BCUT2D eigenvalue weighted by Crippen LogP contribution is 2.40. The van der Waals surface area contributed by atoms with Crippen molar-refractivity contribution in [2.45, 2.75) is 51.2 Å². The lowest BCUT2D eigenvalue weighted by molar-refractivity contribution is -0.116. The molecular weight excluding hydrogens is 362 g/mol. The van der Waals surface area contributed by atoms with Gasteiger partial charge in [0.15, 0.2) is 16.6 Å². The van der Waals surface area contributed by atoms with E-state index in [1.165, 1.54) is 12.0 Å². The van der Waals surface area contributed by atoms with Gasteiger partial charge in [-0.25, -0.2) is 4.98 Å². The van der Waals surface area contributed by atoms with Crippen molar-refractivity contribution < 1.29 is 14.3 Å². The van der Waals surface area contributed by atoms with Crippen LogP contribution in [-0.4, -0.2) is 35.2 Å². The van der Waals surface area contributed by atoms with Gasteiger partial charge < -0.3 is 9.47 Å². The topological polar surface area (TPSA) is 54.9 Å². The van der Waals surface area contributed by atoms with Gasteiger partial charge in [-0.2, -0.15) is 0 Å². The Labute approximate surface area is 162 Å². The molecule has 1 aromatic carbocycles. The van der Waals surface area contributed by atoms with Gasteiger partial charge >= 0.3 is 0 Å². The molecule has 1 saturated heterocycles. The molecule has 1 aliphatic carbocycles. The summed E-state index contributed by atoms with van der Waals surface area (Å²) in [6.45, 7) is 3.81. The molecule has 2 aromatic rings. The van der Waals surface area contributed by atoms with E-state index in [0.29, 0.717) is 18.9 Å². The minimum Gasteiger partial charge on any atom is -0.454 e. The van der Waals surface area contributed by atoms with Crippen LogP contribution >= 0.6 is 11.3 Å². The smallest absolute Gasteiger partial charge is 0.231 e. The lowest BCUT2D eigenvalue weighted by Gasteiger charge is -2.24. The minimum atomic E-state index is 0.0952. The first kappa shape index (κ1) is 17.0. The summed E-state index contributed by atoms with van der Waals surface area (Å²) in [7, 11) is 0. The van der Waals surface area contributed by atoms with Gasteiger partial charge in [0, 0.05) is 30.9 Å². The van der Waals surface area contributed by atoms with Crippen LogP contribution in [0.25, 0.3) is 0 Å². The van der Waals surface area contributed by atoms with Crippen LogP contribution in [0.4, 0.5) is 5.13 Å². The predicted octanol–water partition coefficient (Wildman–Crippen LogP) is 3.72. The quantitative estimate of drug-likeness (QED) is 0.785. The third kappa shape index (κ3) is 3.30. The second-order valence-corrected chi connectivity index (χ2v) is 8.32. The van der Waals surface area contributed by atoms with Crippen LogP contribution in [0.2, 0.25) is 0 Å². The van der Waals surface area contributed by atoms with E-state index in [-0.39, 0.29) is 5.91 Å². The zero-order valence-corrected chi connectivity index (χ0v) is 16.2. The van der Waals surface area contributed by atoms with Crippen LogP contribution in [0, 0.1) is 0 Å². The van der Waals surface area contributed by atoms with E-state index >= 15 is 0 Å². The molecule has 1 amide bonds. The van der Waals surface area contributed by atoms with Crippen molar-refractivity contribution in [2.75, 3.05) is 18.2 Å². The molecule has 3 heterocycles. The molecule has 0 spiro atoms. The average molecular weight is 385 g/mol. The van der Waals surface area contributed by atoms with Gasteiger partial charge in [0.05, 0.1) is 5.69 Å². The Balaban J connectivity index is 1.32. The molecule has 1 atom stereocenters. The number of rotatable bonds is 5. The number of aromatic nitrogens is 1. The molecule has 1 saturated carbocycles. The number of benzene rings is 1. The Morgan fingerprint density at radius 1 is 1.30 bits per heavy atom. The highest BCUT2D eigenvalue weighted by molar-refractivity contribution is 7.14. The summed E-state index contributed by atoms with van der Waals surface area (Å²) in [6, 6.07) is 7.00. The molecule has 27 heavy (non-hydrogen) atoms. The van der Waals surface area contributed by atoms with E-state index in [0.717, 1.165) is 54.7 Å². The monoisotopic (exact) mass is 385 g/mol. The molecule has 1 unspecified atom stereocenters. The summed E-state index contributed by atoms with van der Waals surface area (Å²) in [4.78, 5) is 21.1. The van der Waals surface area contributed by atoms with Gasteiger partial charge in [0.1, 0.15) is 0 Å². The lowest BCUT2D eigenvalue weighted by atomic mass is 10.0. The molecule has 0 radical (unpaired) electrons.